The topological polar surface area (TPSA) is 79.2 Å². The molecular weight excluding hydrogens is 344 g/mol. The van der Waals surface area contributed by atoms with Crippen molar-refractivity contribution in [2.45, 2.75) is 26.9 Å². The Hall–Kier alpha value is -2.43. The molecule has 7 heteroatoms. The summed E-state index contributed by atoms with van der Waals surface area (Å²) < 4.78 is 5.17. The smallest absolute Gasteiger partial charge is 0.348 e. The number of carbonyl (C=O) groups is 2. The number of rotatable bonds is 5. The summed E-state index contributed by atoms with van der Waals surface area (Å²) in [6, 6.07) is 5.82. The fourth-order valence-corrected chi connectivity index (χ4v) is 3.56. The first-order valence-electron chi connectivity index (χ1n) is 7.19. The van der Waals surface area contributed by atoms with E-state index in [0.29, 0.717) is 15.4 Å². The first kappa shape index (κ1) is 17.9. The fraction of sp³-hybridized carbons (Fsp3) is 0.235. The van der Waals surface area contributed by atoms with Crippen molar-refractivity contribution in [3.8, 4) is 6.07 Å². The van der Waals surface area contributed by atoms with E-state index in [1.807, 2.05) is 23.6 Å². The molecule has 0 fully saturated rings. The van der Waals surface area contributed by atoms with E-state index in [0.717, 1.165) is 16.2 Å². The van der Waals surface area contributed by atoms with Gasteiger partial charge >= 0.3 is 5.97 Å². The van der Waals surface area contributed by atoms with Crippen LogP contribution in [0, 0.1) is 18.3 Å². The zero-order valence-corrected chi connectivity index (χ0v) is 15.1. The molecule has 0 aliphatic rings. The van der Waals surface area contributed by atoms with E-state index < -0.39 is 5.97 Å². The molecule has 1 amide bonds. The predicted molar refractivity (Wildman–Crippen MR) is 96.3 cm³/mol. The van der Waals surface area contributed by atoms with Crippen LogP contribution in [0.5, 0.6) is 0 Å². The molecule has 2 rings (SSSR count). The molecule has 0 aliphatic carbocycles. The number of nitriles is 1. The molecule has 0 radical (unpaired) electrons. The van der Waals surface area contributed by atoms with E-state index in [1.165, 1.54) is 17.4 Å². The number of nitrogens with zero attached hydrogens (tertiary/aromatic N) is 1. The minimum atomic E-state index is -0.487. The van der Waals surface area contributed by atoms with Gasteiger partial charge in [0.15, 0.2) is 0 Å². The average molecular weight is 360 g/mol. The van der Waals surface area contributed by atoms with Crippen molar-refractivity contribution in [3.63, 3.8) is 0 Å². The first-order valence-corrected chi connectivity index (χ1v) is 8.89. The predicted octanol–water partition coefficient (Wildman–Crippen LogP) is 4.21. The van der Waals surface area contributed by atoms with Crippen molar-refractivity contribution in [2.75, 3.05) is 5.32 Å². The van der Waals surface area contributed by atoms with Crippen LogP contribution in [0.3, 0.4) is 0 Å². The van der Waals surface area contributed by atoms with Gasteiger partial charge in [-0.15, -0.1) is 22.7 Å². The molecule has 0 saturated carbocycles. The fourth-order valence-electron chi connectivity index (χ4n) is 1.90. The number of hydrogen-bond acceptors (Lipinski definition) is 6. The highest BCUT2D eigenvalue weighted by Crippen LogP contribution is 2.33. The van der Waals surface area contributed by atoms with Gasteiger partial charge in [-0.1, -0.05) is 6.07 Å². The van der Waals surface area contributed by atoms with E-state index in [1.54, 1.807) is 26.8 Å². The lowest BCUT2D eigenvalue weighted by atomic mass is 10.2. The summed E-state index contributed by atoms with van der Waals surface area (Å²) >= 11 is 2.57. The Morgan fingerprint density at radius 2 is 2.17 bits per heavy atom. The third-order valence-corrected chi connectivity index (χ3v) is 4.99. The minimum Gasteiger partial charge on any atom is -0.459 e. The van der Waals surface area contributed by atoms with Crippen LogP contribution >= 0.6 is 22.7 Å². The molecule has 1 N–H and O–H groups in total. The lowest BCUT2D eigenvalue weighted by Gasteiger charge is -2.06. The maximum absolute atomic E-state index is 12.1. The van der Waals surface area contributed by atoms with Crippen molar-refractivity contribution in [2.24, 2.45) is 0 Å². The molecule has 0 aromatic carbocycles. The van der Waals surface area contributed by atoms with Crippen molar-refractivity contribution in [1.82, 2.24) is 0 Å². The average Bonchev–Trinajstić information content (AvgIpc) is 3.12. The van der Waals surface area contributed by atoms with E-state index in [2.05, 4.69) is 5.32 Å². The Morgan fingerprint density at radius 1 is 1.42 bits per heavy atom. The zero-order valence-electron chi connectivity index (χ0n) is 13.5. The molecular formula is C17H16N2O3S2. The molecule has 0 spiro atoms. The third kappa shape index (κ3) is 4.31. The summed E-state index contributed by atoms with van der Waals surface area (Å²) in [5.41, 5.74) is 0.805. The lowest BCUT2D eigenvalue weighted by Crippen LogP contribution is -2.11. The Balaban J connectivity index is 2.19. The monoisotopic (exact) mass is 360 g/mol. The molecule has 24 heavy (non-hydrogen) atoms. The number of amides is 1. The Labute approximate surface area is 148 Å². The van der Waals surface area contributed by atoms with Crippen LogP contribution in [0.1, 0.15) is 39.5 Å². The SMILES string of the molecule is Cc1c(C(=O)OC(C)C)sc(NC(=O)/C=C/c2cccs2)c1C#N. The zero-order chi connectivity index (χ0) is 17.7. The highest BCUT2D eigenvalue weighted by Gasteiger charge is 2.22. The first-order chi connectivity index (χ1) is 11.4. The Bertz CT molecular complexity index is 812. The summed E-state index contributed by atoms with van der Waals surface area (Å²) in [4.78, 5) is 25.4. The van der Waals surface area contributed by atoms with E-state index in [-0.39, 0.29) is 17.6 Å². The van der Waals surface area contributed by atoms with Crippen LogP contribution in [-0.2, 0) is 9.53 Å². The second-order valence-corrected chi connectivity index (χ2v) is 7.16. The molecule has 0 unspecified atom stereocenters. The number of esters is 1. The minimum absolute atomic E-state index is 0.253. The maximum atomic E-state index is 12.1. The van der Waals surface area contributed by atoms with Crippen LogP contribution in [0.15, 0.2) is 23.6 Å². The van der Waals surface area contributed by atoms with Gasteiger partial charge in [0.05, 0.1) is 11.7 Å². The van der Waals surface area contributed by atoms with Gasteiger partial charge in [0.1, 0.15) is 15.9 Å². The molecule has 5 nitrogen and oxygen atoms in total. The van der Waals surface area contributed by atoms with Crippen LogP contribution < -0.4 is 5.32 Å². The van der Waals surface area contributed by atoms with Crippen molar-refractivity contribution in [1.29, 1.82) is 5.26 Å². The number of ether oxygens (including phenoxy) is 1. The summed E-state index contributed by atoms with van der Waals surface area (Å²) in [5.74, 6) is -0.844. The lowest BCUT2D eigenvalue weighted by molar-refractivity contribution is -0.111. The van der Waals surface area contributed by atoms with Crippen molar-refractivity contribution in [3.05, 3.63) is 44.5 Å². The largest absolute Gasteiger partial charge is 0.459 e. The van der Waals surface area contributed by atoms with Crippen molar-refractivity contribution >= 4 is 45.6 Å². The second-order valence-electron chi connectivity index (χ2n) is 5.16. The van der Waals surface area contributed by atoms with Gasteiger partial charge in [-0.3, -0.25) is 4.79 Å². The second kappa shape index (κ2) is 7.90. The molecule has 0 bridgehead atoms. The number of hydrogen-bond donors (Lipinski definition) is 1. The van der Waals surface area contributed by atoms with Gasteiger partial charge < -0.3 is 10.1 Å². The molecule has 0 aliphatic heterocycles. The highest BCUT2D eigenvalue weighted by atomic mass is 32.1. The third-order valence-electron chi connectivity index (χ3n) is 2.97. The van der Waals surface area contributed by atoms with E-state index in [4.69, 9.17) is 4.74 Å². The van der Waals surface area contributed by atoms with Gasteiger partial charge in [0.25, 0.3) is 0 Å². The van der Waals surface area contributed by atoms with Gasteiger partial charge in [-0.05, 0) is 43.9 Å². The molecule has 2 aromatic rings. The summed E-state index contributed by atoms with van der Waals surface area (Å²) in [6.45, 7) is 5.18. The van der Waals surface area contributed by atoms with Gasteiger partial charge in [0.2, 0.25) is 5.91 Å². The molecule has 2 heterocycles. The van der Waals surface area contributed by atoms with Crippen LogP contribution in [-0.4, -0.2) is 18.0 Å². The van der Waals surface area contributed by atoms with Crippen LogP contribution in [0.25, 0.3) is 6.08 Å². The molecule has 124 valence electrons. The van der Waals surface area contributed by atoms with E-state index in [9.17, 15) is 14.9 Å². The van der Waals surface area contributed by atoms with Gasteiger partial charge in [-0.25, -0.2) is 4.79 Å². The van der Waals surface area contributed by atoms with Crippen LogP contribution in [0.2, 0.25) is 0 Å². The number of anilines is 1. The van der Waals surface area contributed by atoms with Gasteiger partial charge in [0, 0.05) is 11.0 Å². The standard InChI is InChI=1S/C17H16N2O3S2/c1-10(2)22-17(21)15-11(3)13(9-18)16(24-15)19-14(20)7-6-12-5-4-8-23-12/h4-8,10H,1-3H3,(H,19,20)/b7-6+. The number of carbonyl (C=O) groups excluding carboxylic acids is 2. The van der Waals surface area contributed by atoms with Crippen LogP contribution in [0.4, 0.5) is 5.00 Å². The van der Waals surface area contributed by atoms with Gasteiger partial charge in [-0.2, -0.15) is 5.26 Å². The number of thiophene rings is 2. The van der Waals surface area contributed by atoms with Crippen molar-refractivity contribution < 1.29 is 14.3 Å². The Kier molecular flexibility index (Phi) is 5.90. The summed E-state index contributed by atoms with van der Waals surface area (Å²) in [5, 5.41) is 14.2. The highest BCUT2D eigenvalue weighted by molar-refractivity contribution is 7.18. The molecule has 0 saturated heterocycles. The molecule has 0 atom stereocenters. The normalized spacial score (nSPS) is 10.8. The number of nitrogens with one attached hydrogen (secondary N) is 1. The van der Waals surface area contributed by atoms with E-state index >= 15 is 0 Å². The Morgan fingerprint density at radius 3 is 2.75 bits per heavy atom. The quantitative estimate of drug-likeness (QED) is 0.640. The summed E-state index contributed by atoms with van der Waals surface area (Å²) in [7, 11) is 0. The molecule has 2 aromatic heterocycles. The summed E-state index contributed by atoms with van der Waals surface area (Å²) in [6.07, 6.45) is 2.84. The maximum Gasteiger partial charge on any atom is 0.348 e.